The molecule has 0 spiro atoms. The number of methoxy groups -OCH3 is 1. The molecule has 2 rings (SSSR count). The van der Waals surface area contributed by atoms with E-state index >= 15 is 0 Å². The first kappa shape index (κ1) is 13.8. The summed E-state index contributed by atoms with van der Waals surface area (Å²) in [4.78, 5) is 4.40. The Bertz CT molecular complexity index is 621. The molecule has 0 amide bonds. The Morgan fingerprint density at radius 1 is 1.42 bits per heavy atom. The highest BCUT2D eigenvalue weighted by Gasteiger charge is 2.27. The maximum Gasteiger partial charge on any atom is 0.267 e. The number of hydrogen-bond acceptors (Lipinski definition) is 4. The van der Waals surface area contributed by atoms with Gasteiger partial charge in [0.1, 0.15) is 11.2 Å². The molecule has 0 saturated carbocycles. The van der Waals surface area contributed by atoms with Gasteiger partial charge < -0.3 is 4.74 Å². The lowest BCUT2D eigenvalue weighted by Gasteiger charge is -2.22. The van der Waals surface area contributed by atoms with Crippen molar-refractivity contribution in [1.29, 1.82) is 0 Å². The van der Waals surface area contributed by atoms with Gasteiger partial charge in [-0.15, -0.1) is 0 Å². The zero-order chi connectivity index (χ0) is 13.9. The molecule has 19 heavy (non-hydrogen) atoms. The third kappa shape index (κ3) is 2.85. The van der Waals surface area contributed by atoms with Gasteiger partial charge in [-0.3, -0.25) is 4.31 Å². The van der Waals surface area contributed by atoms with Gasteiger partial charge in [-0.2, -0.15) is 0 Å². The van der Waals surface area contributed by atoms with Gasteiger partial charge in [-0.25, -0.2) is 13.4 Å². The van der Waals surface area contributed by atoms with E-state index < -0.39 is 10.0 Å². The van der Waals surface area contributed by atoms with E-state index in [-0.39, 0.29) is 11.4 Å². The first-order valence-electron chi connectivity index (χ1n) is 5.85. The molecule has 0 radical (unpaired) electrons. The van der Waals surface area contributed by atoms with Gasteiger partial charge in [0.2, 0.25) is 0 Å². The Hall–Kier alpha value is -1.66. The molecule has 0 aliphatic carbocycles. The van der Waals surface area contributed by atoms with Gasteiger partial charge in [0, 0.05) is 7.11 Å². The van der Waals surface area contributed by atoms with Crippen LogP contribution in [-0.2, 0) is 14.8 Å². The summed E-state index contributed by atoms with van der Waals surface area (Å²) in [5.74, 6) is 0. The Morgan fingerprint density at radius 2 is 2.16 bits per heavy atom. The summed E-state index contributed by atoms with van der Waals surface area (Å²) in [6.45, 7) is 2.64. The second-order valence-electron chi connectivity index (χ2n) is 4.27. The van der Waals surface area contributed by atoms with Crippen molar-refractivity contribution >= 4 is 22.0 Å². The summed E-state index contributed by atoms with van der Waals surface area (Å²) in [6.07, 6.45) is 3.18. The van der Waals surface area contributed by atoms with Crippen LogP contribution in [0.3, 0.4) is 0 Å². The summed E-state index contributed by atoms with van der Waals surface area (Å²) >= 11 is 0. The molecule has 0 fully saturated rings. The van der Waals surface area contributed by atoms with E-state index in [2.05, 4.69) is 4.99 Å². The number of nitrogens with zero attached hydrogens (tertiary/aromatic N) is 2. The number of rotatable bonds is 4. The smallest absolute Gasteiger partial charge is 0.267 e. The summed E-state index contributed by atoms with van der Waals surface area (Å²) in [7, 11) is -1.89. The number of aliphatic imine (C=N–C) groups is 1. The number of fused-ring (bicyclic) bond motifs is 1. The van der Waals surface area contributed by atoms with Crippen molar-refractivity contribution in [3.8, 4) is 0 Å². The highest BCUT2D eigenvalue weighted by atomic mass is 32.2. The molecule has 1 aliphatic rings. The van der Waals surface area contributed by atoms with Gasteiger partial charge in [0.25, 0.3) is 10.0 Å². The molecule has 0 atom stereocenters. The van der Waals surface area contributed by atoms with Crippen molar-refractivity contribution in [3.63, 3.8) is 0 Å². The molecule has 1 aromatic carbocycles. The van der Waals surface area contributed by atoms with Crippen molar-refractivity contribution in [2.45, 2.75) is 11.8 Å². The van der Waals surface area contributed by atoms with Crippen LogP contribution in [-0.4, -0.2) is 39.3 Å². The molecule has 6 heteroatoms. The van der Waals surface area contributed by atoms with Crippen molar-refractivity contribution < 1.29 is 13.2 Å². The normalized spacial score (nSPS) is 17.4. The number of benzene rings is 1. The van der Waals surface area contributed by atoms with E-state index in [1.165, 1.54) is 10.6 Å². The zero-order valence-corrected chi connectivity index (χ0v) is 11.7. The Kier molecular flexibility index (Phi) is 4.01. The Balaban J connectivity index is 2.25. The molecule has 0 aromatic heterocycles. The van der Waals surface area contributed by atoms with Gasteiger partial charge in [0.05, 0.1) is 18.8 Å². The van der Waals surface area contributed by atoms with Gasteiger partial charge >= 0.3 is 0 Å². The van der Waals surface area contributed by atoms with Crippen LogP contribution in [0.15, 0.2) is 45.8 Å². The topological polar surface area (TPSA) is 59.0 Å². The minimum absolute atomic E-state index is 0.246. The van der Waals surface area contributed by atoms with Gasteiger partial charge in [-0.1, -0.05) is 23.8 Å². The van der Waals surface area contributed by atoms with E-state index in [0.717, 1.165) is 5.57 Å². The van der Waals surface area contributed by atoms with Crippen molar-refractivity contribution in [2.75, 3.05) is 20.3 Å². The van der Waals surface area contributed by atoms with E-state index in [1.807, 2.05) is 13.0 Å². The molecule has 102 valence electrons. The van der Waals surface area contributed by atoms with Crippen LogP contribution in [0.4, 0.5) is 5.69 Å². The van der Waals surface area contributed by atoms with Crippen molar-refractivity contribution in [3.05, 3.63) is 35.9 Å². The quantitative estimate of drug-likeness (QED) is 0.792. The fourth-order valence-electron chi connectivity index (χ4n) is 1.77. The standard InChI is InChI=1S/C13H16N2O3S/c1-11(9-18-2)7-8-15-10-14-12-5-3-4-6-13(12)19(15,16)17/h3-7,10H,8-9H2,1-2H3/b11-7+. The lowest BCUT2D eigenvalue weighted by Crippen LogP contribution is -2.32. The minimum Gasteiger partial charge on any atom is -0.380 e. The predicted molar refractivity (Wildman–Crippen MR) is 74.1 cm³/mol. The van der Waals surface area contributed by atoms with E-state index in [0.29, 0.717) is 12.3 Å². The summed E-state index contributed by atoms with van der Waals surface area (Å²) in [5.41, 5.74) is 1.46. The molecular formula is C13H16N2O3S. The number of hydrogen-bond donors (Lipinski definition) is 0. The van der Waals surface area contributed by atoms with Crippen LogP contribution in [0, 0.1) is 0 Å². The van der Waals surface area contributed by atoms with E-state index in [1.54, 1.807) is 31.4 Å². The number of para-hydroxylation sites is 1. The fraction of sp³-hybridized carbons (Fsp3) is 0.308. The monoisotopic (exact) mass is 280 g/mol. The summed E-state index contributed by atoms with van der Waals surface area (Å²) < 4.78 is 30.9. The van der Waals surface area contributed by atoms with Gasteiger partial charge in [0.15, 0.2) is 0 Å². The van der Waals surface area contributed by atoms with Crippen molar-refractivity contribution in [2.24, 2.45) is 4.99 Å². The van der Waals surface area contributed by atoms with Crippen LogP contribution in [0.1, 0.15) is 6.92 Å². The third-order valence-electron chi connectivity index (χ3n) is 2.77. The molecule has 5 nitrogen and oxygen atoms in total. The van der Waals surface area contributed by atoms with Crippen LogP contribution in [0.25, 0.3) is 0 Å². The van der Waals surface area contributed by atoms with E-state index in [4.69, 9.17) is 4.74 Å². The lowest BCUT2D eigenvalue weighted by molar-refractivity contribution is 0.225. The van der Waals surface area contributed by atoms with Crippen LogP contribution in [0.2, 0.25) is 0 Å². The summed E-state index contributed by atoms with van der Waals surface area (Å²) in [6, 6.07) is 6.72. The molecule has 0 N–H and O–H groups in total. The maximum absolute atomic E-state index is 12.3. The first-order chi connectivity index (χ1) is 9.05. The van der Waals surface area contributed by atoms with E-state index in [9.17, 15) is 8.42 Å². The second-order valence-corrected chi connectivity index (χ2v) is 6.13. The highest BCUT2D eigenvalue weighted by molar-refractivity contribution is 7.89. The molecule has 0 saturated heterocycles. The second kappa shape index (κ2) is 5.54. The zero-order valence-electron chi connectivity index (χ0n) is 10.9. The Labute approximate surface area is 113 Å². The lowest BCUT2D eigenvalue weighted by atomic mass is 10.3. The molecule has 1 aliphatic heterocycles. The summed E-state index contributed by atoms with van der Waals surface area (Å²) in [5, 5.41) is 0. The Morgan fingerprint density at radius 3 is 2.89 bits per heavy atom. The minimum atomic E-state index is -3.49. The maximum atomic E-state index is 12.3. The number of ether oxygens (including phenoxy) is 1. The fourth-order valence-corrected chi connectivity index (χ4v) is 3.10. The molecule has 0 bridgehead atoms. The van der Waals surface area contributed by atoms with Crippen molar-refractivity contribution in [1.82, 2.24) is 4.31 Å². The predicted octanol–water partition coefficient (Wildman–Crippen LogP) is 1.94. The average molecular weight is 280 g/mol. The SMILES string of the molecule is COC/C(C)=C/CN1C=Nc2ccccc2S1(=O)=O. The van der Waals surface area contributed by atoms with Crippen LogP contribution in [0.5, 0.6) is 0 Å². The molecule has 1 heterocycles. The molecular weight excluding hydrogens is 264 g/mol. The third-order valence-corrected chi connectivity index (χ3v) is 4.53. The van der Waals surface area contributed by atoms with Crippen LogP contribution < -0.4 is 0 Å². The van der Waals surface area contributed by atoms with Crippen LogP contribution >= 0.6 is 0 Å². The van der Waals surface area contributed by atoms with Gasteiger partial charge in [-0.05, 0) is 19.1 Å². The first-order valence-corrected chi connectivity index (χ1v) is 7.29. The molecule has 0 unspecified atom stereocenters. The average Bonchev–Trinajstić information content (AvgIpc) is 2.38. The largest absolute Gasteiger partial charge is 0.380 e. The highest BCUT2D eigenvalue weighted by Crippen LogP contribution is 2.29. The number of sulfonamides is 1. The molecule has 1 aromatic rings.